The highest BCUT2D eigenvalue weighted by Crippen LogP contribution is 2.34. The number of nitrogens with zero attached hydrogens (tertiary/aromatic N) is 2. The van der Waals surface area contributed by atoms with Crippen LogP contribution in [-0.2, 0) is 0 Å². The molecule has 0 atom stereocenters. The van der Waals surface area contributed by atoms with Crippen molar-refractivity contribution in [2.24, 2.45) is 0 Å². The highest BCUT2D eigenvalue weighted by atomic mass is 35.5. The first kappa shape index (κ1) is 14.4. The highest BCUT2D eigenvalue weighted by Gasteiger charge is 2.12. The monoisotopic (exact) mass is 315 g/mol. The van der Waals surface area contributed by atoms with Crippen LogP contribution < -0.4 is 15.2 Å². The number of benzene rings is 2. The van der Waals surface area contributed by atoms with Crippen LogP contribution >= 0.6 is 11.6 Å². The van der Waals surface area contributed by atoms with Crippen molar-refractivity contribution >= 4 is 28.3 Å². The normalized spacial score (nSPS) is 10.7. The van der Waals surface area contributed by atoms with Gasteiger partial charge >= 0.3 is 0 Å². The summed E-state index contributed by atoms with van der Waals surface area (Å²) in [6.45, 7) is 0. The third-order valence-corrected chi connectivity index (χ3v) is 3.55. The van der Waals surface area contributed by atoms with Crippen LogP contribution in [0.1, 0.15) is 0 Å². The molecular weight excluding hydrogens is 302 g/mol. The molecule has 0 fully saturated rings. The standard InChI is InChI=1S/C16H14ClN3O2/c1-21-13-7-11-12(8-14(13)22-2)19-16(20-15(11)18)9-4-3-5-10(17)6-9/h3-8H,1-2H3,(H2,18,19,20). The number of fused-ring (bicyclic) bond motifs is 1. The van der Waals surface area contributed by atoms with E-state index >= 15 is 0 Å². The molecule has 2 N–H and O–H groups in total. The van der Waals surface area contributed by atoms with Gasteiger partial charge in [-0.05, 0) is 18.2 Å². The van der Waals surface area contributed by atoms with Crippen LogP contribution in [0.25, 0.3) is 22.3 Å². The Morgan fingerprint density at radius 2 is 1.73 bits per heavy atom. The molecule has 0 saturated heterocycles. The molecule has 0 bridgehead atoms. The number of nitrogens with two attached hydrogens (primary N) is 1. The molecule has 22 heavy (non-hydrogen) atoms. The lowest BCUT2D eigenvalue weighted by Gasteiger charge is -2.11. The second-order valence-electron chi connectivity index (χ2n) is 4.67. The Labute approximate surface area is 132 Å². The fourth-order valence-electron chi connectivity index (χ4n) is 2.24. The average Bonchev–Trinajstić information content (AvgIpc) is 2.53. The molecule has 5 nitrogen and oxygen atoms in total. The van der Waals surface area contributed by atoms with Crippen molar-refractivity contribution in [2.45, 2.75) is 0 Å². The van der Waals surface area contributed by atoms with E-state index in [1.54, 1.807) is 38.5 Å². The van der Waals surface area contributed by atoms with Gasteiger partial charge in [0.2, 0.25) is 0 Å². The molecule has 0 aliphatic carbocycles. The summed E-state index contributed by atoms with van der Waals surface area (Å²) >= 11 is 6.02. The molecule has 0 saturated carbocycles. The third kappa shape index (κ3) is 2.51. The van der Waals surface area contributed by atoms with Gasteiger partial charge in [0, 0.05) is 22.0 Å². The van der Waals surface area contributed by atoms with E-state index in [1.165, 1.54) is 0 Å². The third-order valence-electron chi connectivity index (χ3n) is 3.31. The molecule has 6 heteroatoms. The topological polar surface area (TPSA) is 70.3 Å². The van der Waals surface area contributed by atoms with Gasteiger partial charge in [0.1, 0.15) is 5.82 Å². The highest BCUT2D eigenvalue weighted by molar-refractivity contribution is 6.30. The van der Waals surface area contributed by atoms with Crippen molar-refractivity contribution in [3.8, 4) is 22.9 Å². The summed E-state index contributed by atoms with van der Waals surface area (Å²) in [6, 6.07) is 10.9. The Hall–Kier alpha value is -2.53. The van der Waals surface area contributed by atoms with Gasteiger partial charge in [-0.3, -0.25) is 0 Å². The fourth-order valence-corrected chi connectivity index (χ4v) is 2.43. The zero-order chi connectivity index (χ0) is 15.7. The van der Waals surface area contributed by atoms with Gasteiger partial charge in [-0.1, -0.05) is 23.7 Å². The smallest absolute Gasteiger partial charge is 0.162 e. The fraction of sp³-hybridized carbons (Fsp3) is 0.125. The van der Waals surface area contributed by atoms with Crippen molar-refractivity contribution in [2.75, 3.05) is 20.0 Å². The number of rotatable bonds is 3. The number of hydrogen-bond donors (Lipinski definition) is 1. The molecule has 0 aliphatic rings. The number of methoxy groups -OCH3 is 2. The number of aromatic nitrogens is 2. The molecule has 1 heterocycles. The van der Waals surface area contributed by atoms with Crippen molar-refractivity contribution in [3.05, 3.63) is 41.4 Å². The molecule has 0 radical (unpaired) electrons. The van der Waals surface area contributed by atoms with Crippen molar-refractivity contribution in [3.63, 3.8) is 0 Å². The van der Waals surface area contributed by atoms with Gasteiger partial charge in [-0.2, -0.15) is 0 Å². The van der Waals surface area contributed by atoms with Gasteiger partial charge in [0.25, 0.3) is 0 Å². The Bertz CT molecular complexity index is 852. The van der Waals surface area contributed by atoms with Gasteiger partial charge in [-0.25, -0.2) is 9.97 Å². The lowest BCUT2D eigenvalue weighted by atomic mass is 10.1. The molecule has 3 aromatic rings. The minimum atomic E-state index is 0.376. The zero-order valence-electron chi connectivity index (χ0n) is 12.1. The summed E-state index contributed by atoms with van der Waals surface area (Å²) in [5.41, 5.74) is 7.55. The van der Waals surface area contributed by atoms with E-state index in [4.69, 9.17) is 26.8 Å². The van der Waals surface area contributed by atoms with E-state index in [0.29, 0.717) is 39.1 Å². The van der Waals surface area contributed by atoms with Crippen molar-refractivity contribution in [1.29, 1.82) is 0 Å². The van der Waals surface area contributed by atoms with Crippen LogP contribution in [0.4, 0.5) is 5.82 Å². The van der Waals surface area contributed by atoms with E-state index in [0.717, 1.165) is 5.56 Å². The molecule has 1 aromatic heterocycles. The summed E-state index contributed by atoms with van der Waals surface area (Å²) < 4.78 is 10.6. The van der Waals surface area contributed by atoms with E-state index in [-0.39, 0.29) is 0 Å². The number of hydrogen-bond acceptors (Lipinski definition) is 5. The Morgan fingerprint density at radius 3 is 2.41 bits per heavy atom. The average molecular weight is 316 g/mol. The Kier molecular flexibility index (Phi) is 3.73. The molecule has 112 valence electrons. The maximum Gasteiger partial charge on any atom is 0.162 e. The number of nitrogen functional groups attached to an aromatic ring is 1. The Morgan fingerprint density at radius 1 is 1.00 bits per heavy atom. The van der Waals surface area contributed by atoms with Gasteiger partial charge in [0.05, 0.1) is 19.7 Å². The molecule has 0 unspecified atom stereocenters. The van der Waals surface area contributed by atoms with Crippen LogP contribution in [0.5, 0.6) is 11.5 Å². The SMILES string of the molecule is COc1cc2nc(-c3cccc(Cl)c3)nc(N)c2cc1OC. The summed E-state index contributed by atoms with van der Waals surface area (Å²) in [5.74, 6) is 2.06. The lowest BCUT2D eigenvalue weighted by Crippen LogP contribution is -1.99. The molecular formula is C16H14ClN3O2. The van der Waals surface area contributed by atoms with Crippen LogP contribution in [0.15, 0.2) is 36.4 Å². The van der Waals surface area contributed by atoms with Crippen LogP contribution in [0, 0.1) is 0 Å². The van der Waals surface area contributed by atoms with Gasteiger partial charge < -0.3 is 15.2 Å². The zero-order valence-corrected chi connectivity index (χ0v) is 12.9. The first-order valence-electron chi connectivity index (χ1n) is 6.57. The van der Waals surface area contributed by atoms with Crippen LogP contribution in [-0.4, -0.2) is 24.2 Å². The number of anilines is 1. The largest absolute Gasteiger partial charge is 0.493 e. The van der Waals surface area contributed by atoms with Gasteiger partial charge in [-0.15, -0.1) is 0 Å². The maximum atomic E-state index is 6.07. The quantitative estimate of drug-likeness (QED) is 0.800. The summed E-state index contributed by atoms with van der Waals surface area (Å²) in [5, 5.41) is 1.33. The molecule has 0 spiro atoms. The first-order valence-corrected chi connectivity index (χ1v) is 6.95. The minimum Gasteiger partial charge on any atom is -0.493 e. The molecule has 3 rings (SSSR count). The van der Waals surface area contributed by atoms with Crippen LogP contribution in [0.2, 0.25) is 5.02 Å². The number of ether oxygens (including phenoxy) is 2. The molecule has 0 amide bonds. The summed E-state index contributed by atoms with van der Waals surface area (Å²) in [6.07, 6.45) is 0. The number of halogens is 1. The minimum absolute atomic E-state index is 0.376. The van der Waals surface area contributed by atoms with E-state index < -0.39 is 0 Å². The molecule has 2 aromatic carbocycles. The first-order chi connectivity index (χ1) is 10.6. The van der Waals surface area contributed by atoms with Crippen LogP contribution in [0.3, 0.4) is 0 Å². The van der Waals surface area contributed by atoms with Crippen molar-refractivity contribution in [1.82, 2.24) is 9.97 Å². The predicted octanol–water partition coefficient (Wildman–Crippen LogP) is 3.55. The Balaban J connectivity index is 2.23. The van der Waals surface area contributed by atoms with E-state index in [2.05, 4.69) is 9.97 Å². The predicted molar refractivity (Wildman–Crippen MR) is 87.5 cm³/mol. The van der Waals surface area contributed by atoms with Crippen molar-refractivity contribution < 1.29 is 9.47 Å². The molecule has 0 aliphatic heterocycles. The van der Waals surface area contributed by atoms with Gasteiger partial charge in [0.15, 0.2) is 17.3 Å². The maximum absolute atomic E-state index is 6.07. The second kappa shape index (κ2) is 5.69. The lowest BCUT2D eigenvalue weighted by molar-refractivity contribution is 0.356. The second-order valence-corrected chi connectivity index (χ2v) is 5.10. The van der Waals surface area contributed by atoms with E-state index in [1.807, 2.05) is 12.1 Å². The van der Waals surface area contributed by atoms with E-state index in [9.17, 15) is 0 Å². The summed E-state index contributed by atoms with van der Waals surface area (Å²) in [4.78, 5) is 8.90. The summed E-state index contributed by atoms with van der Waals surface area (Å²) in [7, 11) is 3.15.